The van der Waals surface area contributed by atoms with E-state index in [0.717, 1.165) is 47.2 Å². The first kappa shape index (κ1) is 11.0. The molecule has 0 saturated carbocycles. The lowest BCUT2D eigenvalue weighted by atomic mass is 10.1. The van der Waals surface area contributed by atoms with Crippen LogP contribution >= 0.6 is 15.9 Å². The van der Waals surface area contributed by atoms with Gasteiger partial charge in [0.2, 0.25) is 0 Å². The van der Waals surface area contributed by atoms with Gasteiger partial charge in [-0.3, -0.25) is 5.10 Å². The predicted octanol–water partition coefficient (Wildman–Crippen LogP) is 2.92. The fourth-order valence-electron chi connectivity index (χ4n) is 2.14. The smallest absolute Gasteiger partial charge is 0.155 e. The molecule has 0 radical (unpaired) electrons. The fourth-order valence-corrected chi connectivity index (χ4v) is 2.50. The maximum atomic E-state index is 5.35. The van der Waals surface area contributed by atoms with Gasteiger partial charge in [-0.1, -0.05) is 15.9 Å². The molecule has 1 saturated heterocycles. The molecule has 5 heteroatoms. The van der Waals surface area contributed by atoms with Crippen molar-refractivity contribution >= 4 is 32.7 Å². The molecule has 0 aliphatic carbocycles. The molecule has 1 aliphatic heterocycles. The van der Waals surface area contributed by atoms with Gasteiger partial charge in [0, 0.05) is 29.1 Å². The molecule has 0 unspecified atom stereocenters. The SMILES string of the molecule is Brc1ccc2c(NC3CCOCC3)n[nH]c2c1. The van der Waals surface area contributed by atoms with Gasteiger partial charge in [0.15, 0.2) is 5.82 Å². The Morgan fingerprint density at radius 2 is 2.18 bits per heavy atom. The van der Waals surface area contributed by atoms with E-state index < -0.39 is 0 Å². The summed E-state index contributed by atoms with van der Waals surface area (Å²) in [6.07, 6.45) is 2.09. The van der Waals surface area contributed by atoms with Crippen molar-refractivity contribution < 1.29 is 4.74 Å². The number of aromatic nitrogens is 2. The zero-order chi connectivity index (χ0) is 11.7. The molecule has 1 aliphatic rings. The van der Waals surface area contributed by atoms with Crippen molar-refractivity contribution in [3.63, 3.8) is 0 Å². The van der Waals surface area contributed by atoms with E-state index in [1.165, 1.54) is 0 Å². The third kappa shape index (κ3) is 2.30. The molecule has 3 rings (SSSR count). The summed E-state index contributed by atoms with van der Waals surface area (Å²) in [5.41, 5.74) is 1.05. The second-order valence-electron chi connectivity index (χ2n) is 4.29. The van der Waals surface area contributed by atoms with E-state index in [0.29, 0.717) is 6.04 Å². The van der Waals surface area contributed by atoms with Gasteiger partial charge in [-0.15, -0.1) is 0 Å². The van der Waals surface area contributed by atoms with Gasteiger partial charge in [-0.05, 0) is 31.0 Å². The minimum atomic E-state index is 0.471. The van der Waals surface area contributed by atoms with Crippen molar-refractivity contribution in [2.45, 2.75) is 18.9 Å². The maximum absolute atomic E-state index is 5.35. The van der Waals surface area contributed by atoms with Gasteiger partial charge in [0.25, 0.3) is 0 Å². The summed E-state index contributed by atoms with van der Waals surface area (Å²) in [5, 5.41) is 12.0. The first-order valence-electron chi connectivity index (χ1n) is 5.81. The number of hydrogen-bond donors (Lipinski definition) is 2. The number of nitrogens with one attached hydrogen (secondary N) is 2. The molecule has 0 spiro atoms. The Bertz CT molecular complexity index is 519. The fraction of sp³-hybridized carbons (Fsp3) is 0.417. The van der Waals surface area contributed by atoms with E-state index in [-0.39, 0.29) is 0 Å². The number of anilines is 1. The second-order valence-corrected chi connectivity index (χ2v) is 5.21. The minimum absolute atomic E-state index is 0.471. The average Bonchev–Trinajstić information content (AvgIpc) is 2.73. The molecule has 2 heterocycles. The van der Waals surface area contributed by atoms with Crippen LogP contribution < -0.4 is 5.32 Å². The molecule has 0 amide bonds. The topological polar surface area (TPSA) is 49.9 Å². The Morgan fingerprint density at radius 3 is 3.00 bits per heavy atom. The average molecular weight is 296 g/mol. The van der Waals surface area contributed by atoms with Crippen molar-refractivity contribution in [3.05, 3.63) is 22.7 Å². The summed E-state index contributed by atoms with van der Waals surface area (Å²) in [6, 6.07) is 6.62. The Kier molecular flexibility index (Phi) is 3.03. The molecule has 1 aromatic heterocycles. The van der Waals surface area contributed by atoms with Crippen LogP contribution in [-0.4, -0.2) is 29.5 Å². The summed E-state index contributed by atoms with van der Waals surface area (Å²) in [6.45, 7) is 1.68. The van der Waals surface area contributed by atoms with Crippen LogP contribution in [0, 0.1) is 0 Å². The normalized spacial score (nSPS) is 17.5. The number of aromatic amines is 1. The predicted molar refractivity (Wildman–Crippen MR) is 71.3 cm³/mol. The van der Waals surface area contributed by atoms with Crippen molar-refractivity contribution in [1.29, 1.82) is 0 Å². The van der Waals surface area contributed by atoms with Crippen molar-refractivity contribution in [2.75, 3.05) is 18.5 Å². The van der Waals surface area contributed by atoms with Crippen molar-refractivity contribution in [2.24, 2.45) is 0 Å². The quantitative estimate of drug-likeness (QED) is 0.896. The molecule has 4 nitrogen and oxygen atoms in total. The van der Waals surface area contributed by atoms with Gasteiger partial charge in [0.05, 0.1) is 5.52 Å². The lowest BCUT2D eigenvalue weighted by molar-refractivity contribution is 0.0904. The largest absolute Gasteiger partial charge is 0.381 e. The third-order valence-corrected chi connectivity index (χ3v) is 3.58. The molecular formula is C12H14BrN3O. The van der Waals surface area contributed by atoms with Crippen molar-refractivity contribution in [1.82, 2.24) is 10.2 Å². The molecule has 90 valence electrons. The van der Waals surface area contributed by atoms with Gasteiger partial charge < -0.3 is 10.1 Å². The van der Waals surface area contributed by atoms with Crippen LogP contribution in [0.5, 0.6) is 0 Å². The number of halogens is 1. The highest BCUT2D eigenvalue weighted by molar-refractivity contribution is 9.10. The van der Waals surface area contributed by atoms with Crippen LogP contribution in [0.25, 0.3) is 10.9 Å². The highest BCUT2D eigenvalue weighted by atomic mass is 79.9. The van der Waals surface area contributed by atoms with E-state index in [2.05, 4.69) is 37.5 Å². The summed E-state index contributed by atoms with van der Waals surface area (Å²) >= 11 is 3.46. The number of ether oxygens (including phenoxy) is 1. The van der Waals surface area contributed by atoms with Crippen LogP contribution in [0.15, 0.2) is 22.7 Å². The number of nitrogens with zero attached hydrogens (tertiary/aromatic N) is 1. The third-order valence-electron chi connectivity index (χ3n) is 3.09. The molecular weight excluding hydrogens is 282 g/mol. The summed E-state index contributed by atoms with van der Waals surface area (Å²) in [7, 11) is 0. The van der Waals surface area contributed by atoms with E-state index in [1.54, 1.807) is 0 Å². The van der Waals surface area contributed by atoms with Crippen LogP contribution in [-0.2, 0) is 4.74 Å². The first-order valence-corrected chi connectivity index (χ1v) is 6.60. The molecule has 1 fully saturated rings. The van der Waals surface area contributed by atoms with Crippen molar-refractivity contribution in [3.8, 4) is 0 Å². The second kappa shape index (κ2) is 4.66. The van der Waals surface area contributed by atoms with Gasteiger partial charge in [-0.2, -0.15) is 5.10 Å². The minimum Gasteiger partial charge on any atom is -0.381 e. The number of hydrogen-bond acceptors (Lipinski definition) is 3. The highest BCUT2D eigenvalue weighted by Crippen LogP contribution is 2.25. The van der Waals surface area contributed by atoms with Crippen LogP contribution in [0.3, 0.4) is 0 Å². The summed E-state index contributed by atoms with van der Waals surface area (Å²) < 4.78 is 6.41. The molecule has 17 heavy (non-hydrogen) atoms. The molecule has 2 aromatic rings. The van der Waals surface area contributed by atoms with Crippen LogP contribution in [0.1, 0.15) is 12.8 Å². The zero-order valence-electron chi connectivity index (χ0n) is 9.37. The van der Waals surface area contributed by atoms with Gasteiger partial charge in [-0.25, -0.2) is 0 Å². The number of H-pyrrole nitrogens is 1. The summed E-state index contributed by atoms with van der Waals surface area (Å²) in [5.74, 6) is 0.944. The summed E-state index contributed by atoms with van der Waals surface area (Å²) in [4.78, 5) is 0. The first-order chi connectivity index (χ1) is 8.33. The van der Waals surface area contributed by atoms with Gasteiger partial charge >= 0.3 is 0 Å². The zero-order valence-corrected chi connectivity index (χ0v) is 11.0. The van der Waals surface area contributed by atoms with E-state index in [9.17, 15) is 0 Å². The monoisotopic (exact) mass is 295 g/mol. The van der Waals surface area contributed by atoms with E-state index in [4.69, 9.17) is 4.74 Å². The highest BCUT2D eigenvalue weighted by Gasteiger charge is 2.15. The number of benzene rings is 1. The maximum Gasteiger partial charge on any atom is 0.155 e. The standard InChI is InChI=1S/C12H14BrN3O/c13-8-1-2-10-11(7-8)15-16-12(10)14-9-3-5-17-6-4-9/h1-2,7,9H,3-6H2,(H2,14,15,16). The number of rotatable bonds is 2. The molecule has 2 N–H and O–H groups in total. The van der Waals surface area contributed by atoms with E-state index in [1.807, 2.05) is 12.1 Å². The Labute approximate surface area is 108 Å². The lowest BCUT2D eigenvalue weighted by Gasteiger charge is -2.23. The van der Waals surface area contributed by atoms with Crippen LogP contribution in [0.2, 0.25) is 0 Å². The van der Waals surface area contributed by atoms with E-state index >= 15 is 0 Å². The Hall–Kier alpha value is -1.07. The Balaban J connectivity index is 1.84. The molecule has 0 atom stereocenters. The molecule has 1 aromatic carbocycles. The molecule has 0 bridgehead atoms. The number of fused-ring (bicyclic) bond motifs is 1. The van der Waals surface area contributed by atoms with Gasteiger partial charge in [0.1, 0.15) is 0 Å². The Morgan fingerprint density at radius 1 is 1.35 bits per heavy atom. The lowest BCUT2D eigenvalue weighted by Crippen LogP contribution is -2.28. The van der Waals surface area contributed by atoms with Crippen LogP contribution in [0.4, 0.5) is 5.82 Å².